The summed E-state index contributed by atoms with van der Waals surface area (Å²) in [5.74, 6) is -0.466. The number of halogens is 4. The molecule has 1 heterocycles. The van der Waals surface area contributed by atoms with E-state index in [1.165, 1.54) is 23.8 Å². The van der Waals surface area contributed by atoms with Crippen LogP contribution in [0.5, 0.6) is 0 Å². The van der Waals surface area contributed by atoms with Crippen LogP contribution >= 0.6 is 11.3 Å². The van der Waals surface area contributed by atoms with Crippen LogP contribution in [-0.4, -0.2) is 24.8 Å². The molecule has 0 spiro atoms. The zero-order chi connectivity index (χ0) is 15.5. The summed E-state index contributed by atoms with van der Waals surface area (Å²) in [5, 5.41) is 1.71. The summed E-state index contributed by atoms with van der Waals surface area (Å²) in [4.78, 5) is 13.0. The number of rotatable bonds is 4. The summed E-state index contributed by atoms with van der Waals surface area (Å²) in [6.45, 7) is -1.66. The van der Waals surface area contributed by atoms with Crippen LogP contribution in [0.15, 0.2) is 12.1 Å². The Morgan fingerprint density at radius 2 is 1.95 bits per heavy atom. The molecular weight excluding hydrogens is 306 g/mol. The molecular formula is C14H17F4NOS. The van der Waals surface area contributed by atoms with Crippen molar-refractivity contribution in [3.05, 3.63) is 21.9 Å². The fourth-order valence-electron chi connectivity index (χ4n) is 2.52. The lowest BCUT2D eigenvalue weighted by atomic mass is 9.88. The maximum Gasteiger partial charge on any atom is 0.411 e. The number of hydrogen-bond acceptors (Lipinski definition) is 2. The summed E-state index contributed by atoms with van der Waals surface area (Å²) in [6.07, 6.45) is 0.825. The van der Waals surface area contributed by atoms with Crippen LogP contribution in [0.1, 0.15) is 52.6 Å². The van der Waals surface area contributed by atoms with Crippen molar-refractivity contribution in [2.45, 2.75) is 50.2 Å². The Morgan fingerprint density at radius 1 is 1.29 bits per heavy atom. The minimum absolute atomic E-state index is 0.207. The highest BCUT2D eigenvalue weighted by atomic mass is 32.1. The first kappa shape index (κ1) is 16.3. The third-order valence-corrected chi connectivity index (χ3v) is 4.96. The molecule has 1 aliphatic rings. The van der Waals surface area contributed by atoms with Gasteiger partial charge in [-0.15, -0.1) is 11.3 Å². The van der Waals surface area contributed by atoms with Gasteiger partial charge in [-0.3, -0.25) is 4.79 Å². The van der Waals surface area contributed by atoms with Gasteiger partial charge in [-0.05, 0) is 30.9 Å². The van der Waals surface area contributed by atoms with E-state index in [9.17, 15) is 22.4 Å². The van der Waals surface area contributed by atoms with Crippen LogP contribution in [0.25, 0.3) is 0 Å². The highest BCUT2D eigenvalue weighted by Crippen LogP contribution is 2.36. The van der Waals surface area contributed by atoms with Gasteiger partial charge in [0.25, 0.3) is 5.91 Å². The fourth-order valence-corrected chi connectivity index (χ4v) is 3.60. The molecule has 1 atom stereocenters. The first-order valence-electron chi connectivity index (χ1n) is 6.95. The van der Waals surface area contributed by atoms with E-state index in [0.717, 1.165) is 30.6 Å². The Hall–Kier alpha value is -1.11. The minimum Gasteiger partial charge on any atom is -0.337 e. The second-order valence-electron chi connectivity index (χ2n) is 5.26. The van der Waals surface area contributed by atoms with Crippen molar-refractivity contribution < 1.29 is 22.4 Å². The van der Waals surface area contributed by atoms with Gasteiger partial charge in [-0.25, -0.2) is 4.39 Å². The predicted octanol–water partition coefficient (Wildman–Crippen LogP) is 4.43. The molecule has 0 bridgehead atoms. The van der Waals surface area contributed by atoms with Gasteiger partial charge in [-0.2, -0.15) is 13.2 Å². The number of hydrogen-bond donors (Lipinski definition) is 1. The van der Waals surface area contributed by atoms with E-state index in [4.69, 9.17) is 0 Å². The second-order valence-corrected chi connectivity index (χ2v) is 6.37. The van der Waals surface area contributed by atoms with Crippen molar-refractivity contribution in [1.29, 1.82) is 0 Å². The third kappa shape index (κ3) is 4.18. The molecule has 7 heteroatoms. The normalized spacial score (nSPS) is 18.5. The smallest absolute Gasteiger partial charge is 0.337 e. The highest BCUT2D eigenvalue weighted by Gasteiger charge is 2.41. The molecule has 21 heavy (non-hydrogen) atoms. The van der Waals surface area contributed by atoms with Gasteiger partial charge in [0.2, 0.25) is 0 Å². The molecule has 0 unspecified atom stereocenters. The van der Waals surface area contributed by atoms with Gasteiger partial charge in [0.1, 0.15) is 6.67 Å². The quantitative estimate of drug-likeness (QED) is 0.816. The number of thiophene rings is 1. The van der Waals surface area contributed by atoms with Gasteiger partial charge in [0.15, 0.2) is 6.04 Å². The van der Waals surface area contributed by atoms with E-state index in [-0.39, 0.29) is 4.88 Å². The van der Waals surface area contributed by atoms with Crippen molar-refractivity contribution in [3.8, 4) is 0 Å². The molecule has 0 aromatic carbocycles. The van der Waals surface area contributed by atoms with Crippen molar-refractivity contribution in [3.63, 3.8) is 0 Å². The number of amides is 1. The molecule has 2 nitrogen and oxygen atoms in total. The monoisotopic (exact) mass is 323 g/mol. The Morgan fingerprint density at radius 3 is 2.52 bits per heavy atom. The van der Waals surface area contributed by atoms with E-state index in [1.54, 1.807) is 11.4 Å². The van der Waals surface area contributed by atoms with E-state index < -0.39 is 24.8 Å². The molecule has 1 aromatic heterocycles. The number of alkyl halides is 4. The Kier molecular flexibility index (Phi) is 5.24. The summed E-state index contributed by atoms with van der Waals surface area (Å²) < 4.78 is 49.7. The number of carbonyl (C=O) groups is 1. The Balaban J connectivity index is 2.01. The molecule has 1 saturated carbocycles. The van der Waals surface area contributed by atoms with Crippen molar-refractivity contribution in [2.24, 2.45) is 0 Å². The maximum atomic E-state index is 12.4. The molecule has 1 aliphatic carbocycles. The third-order valence-electron chi connectivity index (χ3n) is 3.71. The topological polar surface area (TPSA) is 29.1 Å². The van der Waals surface area contributed by atoms with Crippen LogP contribution in [0.4, 0.5) is 17.6 Å². The van der Waals surface area contributed by atoms with E-state index >= 15 is 0 Å². The van der Waals surface area contributed by atoms with Crippen LogP contribution in [0.2, 0.25) is 0 Å². The largest absolute Gasteiger partial charge is 0.411 e. The van der Waals surface area contributed by atoms with Crippen LogP contribution in [0.3, 0.4) is 0 Å². The molecule has 1 amide bonds. The van der Waals surface area contributed by atoms with Gasteiger partial charge in [0.05, 0.1) is 4.88 Å². The average molecular weight is 323 g/mol. The van der Waals surface area contributed by atoms with Crippen molar-refractivity contribution >= 4 is 17.2 Å². The summed E-state index contributed by atoms with van der Waals surface area (Å²) in [5.41, 5.74) is 0. The summed E-state index contributed by atoms with van der Waals surface area (Å²) >= 11 is 1.21. The maximum absolute atomic E-state index is 12.4. The van der Waals surface area contributed by atoms with Crippen LogP contribution < -0.4 is 5.32 Å². The molecule has 0 saturated heterocycles. The van der Waals surface area contributed by atoms with E-state index in [0.29, 0.717) is 5.92 Å². The first-order chi connectivity index (χ1) is 9.91. The lowest BCUT2D eigenvalue weighted by Gasteiger charge is -2.20. The van der Waals surface area contributed by atoms with Crippen LogP contribution in [-0.2, 0) is 0 Å². The van der Waals surface area contributed by atoms with Crippen molar-refractivity contribution in [2.75, 3.05) is 6.67 Å². The Bertz CT molecular complexity index is 480. The van der Waals surface area contributed by atoms with E-state index in [2.05, 4.69) is 0 Å². The van der Waals surface area contributed by atoms with Crippen molar-refractivity contribution in [1.82, 2.24) is 5.32 Å². The Labute approximate surface area is 124 Å². The highest BCUT2D eigenvalue weighted by molar-refractivity contribution is 7.14. The lowest BCUT2D eigenvalue weighted by Crippen LogP contribution is -2.46. The average Bonchev–Trinajstić information content (AvgIpc) is 2.94. The molecule has 0 aliphatic heterocycles. The van der Waals surface area contributed by atoms with Crippen LogP contribution in [0, 0.1) is 0 Å². The number of nitrogens with one attached hydrogen (secondary N) is 1. The van der Waals surface area contributed by atoms with Gasteiger partial charge >= 0.3 is 6.18 Å². The SMILES string of the molecule is O=C(N[C@H](CF)C(F)(F)F)c1ccc(C2CCCCC2)s1. The second kappa shape index (κ2) is 6.77. The minimum atomic E-state index is -4.77. The molecule has 118 valence electrons. The number of carbonyl (C=O) groups excluding carboxylic acids is 1. The lowest BCUT2D eigenvalue weighted by molar-refractivity contribution is -0.156. The molecule has 2 rings (SSSR count). The van der Waals surface area contributed by atoms with E-state index in [1.807, 2.05) is 0 Å². The predicted molar refractivity (Wildman–Crippen MR) is 73.4 cm³/mol. The molecule has 1 fully saturated rings. The fraction of sp³-hybridized carbons (Fsp3) is 0.643. The summed E-state index contributed by atoms with van der Waals surface area (Å²) in [6, 6.07) is 0.883. The standard InChI is InChI=1S/C14H17F4NOS/c15-8-12(14(16,17)18)19-13(20)11-7-6-10(21-11)9-4-2-1-3-5-9/h6-7,9,12H,1-5,8H2,(H,19,20)/t12-/m1/s1. The first-order valence-corrected chi connectivity index (χ1v) is 7.76. The zero-order valence-corrected chi connectivity index (χ0v) is 12.2. The molecule has 1 N–H and O–H groups in total. The van der Waals surface area contributed by atoms with Gasteiger partial charge in [0, 0.05) is 4.88 Å². The van der Waals surface area contributed by atoms with Gasteiger partial charge < -0.3 is 5.32 Å². The summed E-state index contributed by atoms with van der Waals surface area (Å²) in [7, 11) is 0. The molecule has 1 aromatic rings. The zero-order valence-electron chi connectivity index (χ0n) is 11.4. The molecule has 0 radical (unpaired) electrons. The van der Waals surface area contributed by atoms with Gasteiger partial charge in [-0.1, -0.05) is 19.3 Å².